The Labute approximate surface area is 116 Å². The van der Waals surface area contributed by atoms with Crippen LogP contribution in [0.25, 0.3) is 0 Å². The van der Waals surface area contributed by atoms with Gasteiger partial charge in [-0.3, -0.25) is 0 Å². The van der Waals surface area contributed by atoms with Gasteiger partial charge in [0.1, 0.15) is 11.5 Å². The van der Waals surface area contributed by atoms with E-state index in [0.29, 0.717) is 0 Å². The zero-order valence-corrected chi connectivity index (χ0v) is 12.0. The Morgan fingerprint density at radius 2 is 1.95 bits per heavy atom. The molecule has 1 aromatic heterocycles. The first-order valence-electron chi connectivity index (χ1n) is 6.03. The number of benzene rings is 1. The van der Waals surface area contributed by atoms with Crippen molar-refractivity contribution >= 4 is 11.5 Å². The molecule has 0 aliphatic heterocycles. The highest BCUT2D eigenvalue weighted by Crippen LogP contribution is 2.37. The molecule has 1 aromatic carbocycles. The lowest BCUT2D eigenvalue weighted by molar-refractivity contribution is 0.378. The average Bonchev–Trinajstić information content (AvgIpc) is 2.98. The van der Waals surface area contributed by atoms with Gasteiger partial charge in [0.25, 0.3) is 0 Å². The molecule has 19 heavy (non-hydrogen) atoms. The van der Waals surface area contributed by atoms with Crippen LogP contribution in [0.1, 0.15) is 23.4 Å². The molecule has 0 bridgehead atoms. The maximum atomic E-state index is 5.46. The normalized spacial score (nSPS) is 12.2. The Balaban J connectivity index is 2.52. The van der Waals surface area contributed by atoms with Crippen molar-refractivity contribution < 1.29 is 9.47 Å². The summed E-state index contributed by atoms with van der Waals surface area (Å²) in [5.41, 5.74) is 0.973. The summed E-state index contributed by atoms with van der Waals surface area (Å²) in [5, 5.41) is 7.33. The van der Waals surface area contributed by atoms with Crippen LogP contribution in [0.4, 0.5) is 0 Å². The second kappa shape index (κ2) is 6.49. The van der Waals surface area contributed by atoms with E-state index in [2.05, 4.69) is 21.8 Å². The first kappa shape index (κ1) is 13.8. The van der Waals surface area contributed by atoms with Crippen LogP contribution in [0, 0.1) is 0 Å². The lowest BCUT2D eigenvalue weighted by Gasteiger charge is -2.21. The summed E-state index contributed by atoms with van der Waals surface area (Å²) in [6.45, 7) is 2.88. The molecule has 2 aromatic rings. The van der Waals surface area contributed by atoms with E-state index in [1.165, 1.54) is 11.5 Å². The van der Waals surface area contributed by atoms with Crippen molar-refractivity contribution in [2.24, 2.45) is 0 Å². The average molecular weight is 279 g/mol. The minimum Gasteiger partial charge on any atom is -0.496 e. The smallest absolute Gasteiger partial charge is 0.127 e. The molecule has 0 aliphatic carbocycles. The third kappa shape index (κ3) is 2.85. The Morgan fingerprint density at radius 3 is 2.42 bits per heavy atom. The zero-order chi connectivity index (χ0) is 13.7. The number of hydrogen-bond donors (Lipinski definition) is 1. The van der Waals surface area contributed by atoms with Crippen molar-refractivity contribution in [1.29, 1.82) is 0 Å². The standard InChI is InChI=1S/C13H17N3O2S/c1-4-14-13(11-8-15-16-19-11)12-9(17-2)6-5-7-10(12)18-3/h5-8,13-14H,4H2,1-3H3. The van der Waals surface area contributed by atoms with Gasteiger partial charge in [-0.1, -0.05) is 17.5 Å². The van der Waals surface area contributed by atoms with Crippen molar-refractivity contribution in [3.05, 3.63) is 34.8 Å². The topological polar surface area (TPSA) is 56.3 Å². The van der Waals surface area contributed by atoms with Gasteiger partial charge < -0.3 is 14.8 Å². The van der Waals surface area contributed by atoms with Gasteiger partial charge in [0.15, 0.2) is 0 Å². The van der Waals surface area contributed by atoms with Crippen molar-refractivity contribution in [2.45, 2.75) is 13.0 Å². The molecule has 1 unspecified atom stereocenters. The molecule has 0 saturated carbocycles. The van der Waals surface area contributed by atoms with Crippen LogP contribution in [-0.2, 0) is 0 Å². The fourth-order valence-electron chi connectivity index (χ4n) is 2.02. The molecule has 0 aliphatic rings. The molecule has 0 radical (unpaired) electrons. The monoisotopic (exact) mass is 279 g/mol. The highest BCUT2D eigenvalue weighted by atomic mass is 32.1. The number of aromatic nitrogens is 2. The highest BCUT2D eigenvalue weighted by Gasteiger charge is 2.23. The summed E-state index contributed by atoms with van der Waals surface area (Å²) in [7, 11) is 3.32. The fraction of sp³-hybridized carbons (Fsp3) is 0.385. The van der Waals surface area contributed by atoms with Gasteiger partial charge in [-0.2, -0.15) is 0 Å². The van der Waals surface area contributed by atoms with E-state index in [9.17, 15) is 0 Å². The van der Waals surface area contributed by atoms with Gasteiger partial charge in [0.2, 0.25) is 0 Å². The molecular formula is C13H17N3O2S. The summed E-state index contributed by atoms with van der Waals surface area (Å²) in [6, 6.07) is 5.73. The van der Waals surface area contributed by atoms with E-state index in [0.717, 1.165) is 28.5 Å². The van der Waals surface area contributed by atoms with Crippen LogP contribution in [0.3, 0.4) is 0 Å². The Morgan fingerprint density at radius 1 is 1.26 bits per heavy atom. The van der Waals surface area contributed by atoms with Crippen LogP contribution in [0.15, 0.2) is 24.4 Å². The van der Waals surface area contributed by atoms with Gasteiger partial charge >= 0.3 is 0 Å². The second-order valence-electron chi connectivity index (χ2n) is 3.89. The SMILES string of the molecule is CCNC(c1cnns1)c1c(OC)cccc1OC. The Hall–Kier alpha value is -1.66. The maximum Gasteiger partial charge on any atom is 0.127 e. The summed E-state index contributed by atoms with van der Waals surface area (Å²) in [4.78, 5) is 1.03. The van der Waals surface area contributed by atoms with Crippen molar-refractivity contribution in [3.63, 3.8) is 0 Å². The lowest BCUT2D eigenvalue weighted by Crippen LogP contribution is -2.22. The predicted molar refractivity (Wildman–Crippen MR) is 75.0 cm³/mol. The van der Waals surface area contributed by atoms with E-state index in [4.69, 9.17) is 9.47 Å². The molecule has 1 atom stereocenters. The van der Waals surface area contributed by atoms with Crippen LogP contribution in [0.5, 0.6) is 11.5 Å². The molecule has 102 valence electrons. The van der Waals surface area contributed by atoms with Gasteiger partial charge in [-0.15, -0.1) is 5.10 Å². The maximum absolute atomic E-state index is 5.46. The molecule has 6 heteroatoms. The summed E-state index contributed by atoms with van der Waals surface area (Å²) >= 11 is 1.37. The predicted octanol–water partition coefficient (Wildman–Crippen LogP) is 2.25. The van der Waals surface area contributed by atoms with E-state index < -0.39 is 0 Å². The van der Waals surface area contributed by atoms with Gasteiger partial charge in [0, 0.05) is 0 Å². The zero-order valence-electron chi connectivity index (χ0n) is 11.2. The molecule has 1 N–H and O–H groups in total. The number of hydrogen-bond acceptors (Lipinski definition) is 6. The van der Waals surface area contributed by atoms with Crippen LogP contribution in [0.2, 0.25) is 0 Å². The van der Waals surface area contributed by atoms with Crippen molar-refractivity contribution in [2.75, 3.05) is 20.8 Å². The molecule has 0 spiro atoms. The summed E-state index contributed by atoms with van der Waals surface area (Å²) < 4.78 is 14.8. The van der Waals surface area contributed by atoms with Crippen molar-refractivity contribution in [1.82, 2.24) is 14.9 Å². The highest BCUT2D eigenvalue weighted by molar-refractivity contribution is 7.05. The minimum absolute atomic E-state index is 0.0314. The summed E-state index contributed by atoms with van der Waals surface area (Å²) in [5.74, 6) is 1.58. The van der Waals surface area contributed by atoms with E-state index in [1.54, 1.807) is 20.4 Å². The Kier molecular flexibility index (Phi) is 4.70. The third-order valence-corrected chi connectivity index (χ3v) is 3.55. The first-order chi connectivity index (χ1) is 9.31. The summed E-state index contributed by atoms with van der Waals surface area (Å²) in [6.07, 6.45) is 1.77. The number of nitrogens with one attached hydrogen (secondary N) is 1. The largest absolute Gasteiger partial charge is 0.496 e. The van der Waals surface area contributed by atoms with Gasteiger partial charge in [-0.05, 0) is 30.2 Å². The third-order valence-electron chi connectivity index (χ3n) is 2.83. The molecule has 2 rings (SSSR count). The molecule has 5 nitrogen and oxygen atoms in total. The van der Waals surface area contributed by atoms with Crippen LogP contribution < -0.4 is 14.8 Å². The van der Waals surface area contributed by atoms with Gasteiger partial charge in [0.05, 0.1) is 36.9 Å². The van der Waals surface area contributed by atoms with E-state index in [1.807, 2.05) is 18.2 Å². The van der Waals surface area contributed by atoms with Crippen LogP contribution >= 0.6 is 11.5 Å². The fourth-order valence-corrected chi connectivity index (χ4v) is 2.60. The number of methoxy groups -OCH3 is 2. The first-order valence-corrected chi connectivity index (χ1v) is 6.80. The van der Waals surface area contributed by atoms with Crippen LogP contribution in [-0.4, -0.2) is 30.4 Å². The molecule has 1 heterocycles. The van der Waals surface area contributed by atoms with E-state index >= 15 is 0 Å². The molecular weight excluding hydrogens is 262 g/mol. The second-order valence-corrected chi connectivity index (χ2v) is 4.70. The molecule has 0 amide bonds. The quantitative estimate of drug-likeness (QED) is 0.879. The lowest BCUT2D eigenvalue weighted by atomic mass is 10.0. The minimum atomic E-state index is -0.0314. The molecule has 0 saturated heterocycles. The van der Waals surface area contributed by atoms with Crippen molar-refractivity contribution in [3.8, 4) is 11.5 Å². The van der Waals surface area contributed by atoms with E-state index in [-0.39, 0.29) is 6.04 Å². The number of rotatable bonds is 6. The number of nitrogens with zero attached hydrogens (tertiary/aromatic N) is 2. The molecule has 0 fully saturated rings. The Bertz CT molecular complexity index is 494. The van der Waals surface area contributed by atoms with Gasteiger partial charge in [-0.25, -0.2) is 0 Å². The number of ether oxygens (including phenoxy) is 2.